The summed E-state index contributed by atoms with van der Waals surface area (Å²) in [7, 11) is 0. The SMILES string of the molecule is CCN(CC(=O)O)CC(=O)Nc1cc(Cl)ccc1Cl. The van der Waals surface area contributed by atoms with Crippen molar-refractivity contribution in [3.05, 3.63) is 28.2 Å². The maximum Gasteiger partial charge on any atom is 0.317 e. The summed E-state index contributed by atoms with van der Waals surface area (Å²) < 4.78 is 0. The Morgan fingerprint density at radius 1 is 1.32 bits per heavy atom. The lowest BCUT2D eigenvalue weighted by molar-refractivity contribution is -0.138. The Balaban J connectivity index is 2.63. The van der Waals surface area contributed by atoms with Crippen LogP contribution in [-0.2, 0) is 9.59 Å². The number of hydrogen-bond acceptors (Lipinski definition) is 3. The van der Waals surface area contributed by atoms with Gasteiger partial charge >= 0.3 is 5.97 Å². The molecule has 0 unspecified atom stereocenters. The van der Waals surface area contributed by atoms with Crippen LogP contribution in [0.3, 0.4) is 0 Å². The van der Waals surface area contributed by atoms with Crippen LogP contribution in [0.2, 0.25) is 10.0 Å². The van der Waals surface area contributed by atoms with Crippen molar-refractivity contribution in [2.24, 2.45) is 0 Å². The number of amides is 1. The molecule has 1 rings (SSSR count). The second-order valence-electron chi connectivity index (χ2n) is 3.87. The van der Waals surface area contributed by atoms with E-state index in [0.29, 0.717) is 22.3 Å². The molecule has 19 heavy (non-hydrogen) atoms. The summed E-state index contributed by atoms with van der Waals surface area (Å²) in [5.41, 5.74) is 0.408. The van der Waals surface area contributed by atoms with Crippen molar-refractivity contribution < 1.29 is 14.7 Å². The lowest BCUT2D eigenvalue weighted by Gasteiger charge is -2.17. The third-order valence-corrected chi connectivity index (χ3v) is 2.94. The van der Waals surface area contributed by atoms with Gasteiger partial charge in [0.2, 0.25) is 5.91 Å². The van der Waals surface area contributed by atoms with Gasteiger partial charge in [-0.2, -0.15) is 0 Å². The first-order valence-electron chi connectivity index (χ1n) is 5.61. The highest BCUT2D eigenvalue weighted by atomic mass is 35.5. The number of carbonyl (C=O) groups excluding carboxylic acids is 1. The Morgan fingerprint density at radius 3 is 2.58 bits per heavy atom. The first-order chi connectivity index (χ1) is 8.92. The standard InChI is InChI=1S/C12H14Cl2N2O3/c1-2-16(7-12(18)19)6-11(17)15-10-5-8(13)3-4-9(10)14/h3-5H,2,6-7H2,1H3,(H,15,17)(H,18,19). The summed E-state index contributed by atoms with van der Waals surface area (Å²) in [5, 5.41) is 12.1. The van der Waals surface area contributed by atoms with E-state index in [9.17, 15) is 9.59 Å². The Hall–Kier alpha value is -1.30. The zero-order chi connectivity index (χ0) is 14.4. The molecule has 5 nitrogen and oxygen atoms in total. The highest BCUT2D eigenvalue weighted by molar-refractivity contribution is 6.35. The van der Waals surface area contributed by atoms with Crippen molar-refractivity contribution in [1.29, 1.82) is 0 Å². The van der Waals surface area contributed by atoms with E-state index in [1.165, 1.54) is 11.0 Å². The van der Waals surface area contributed by atoms with Crippen molar-refractivity contribution in [3.8, 4) is 0 Å². The van der Waals surface area contributed by atoms with Crippen LogP contribution in [-0.4, -0.2) is 41.5 Å². The number of aliphatic carboxylic acids is 1. The normalized spacial score (nSPS) is 10.5. The van der Waals surface area contributed by atoms with Gasteiger partial charge in [-0.25, -0.2) is 0 Å². The topological polar surface area (TPSA) is 69.6 Å². The average molecular weight is 305 g/mol. The quantitative estimate of drug-likeness (QED) is 0.846. The Kier molecular flexibility index (Phi) is 6.08. The molecular formula is C12H14Cl2N2O3. The molecule has 104 valence electrons. The second kappa shape index (κ2) is 7.33. The van der Waals surface area contributed by atoms with E-state index in [4.69, 9.17) is 28.3 Å². The minimum absolute atomic E-state index is 0.0222. The minimum Gasteiger partial charge on any atom is -0.480 e. The number of carboxylic acid groups (broad SMARTS) is 1. The van der Waals surface area contributed by atoms with E-state index in [2.05, 4.69) is 5.32 Å². The van der Waals surface area contributed by atoms with Gasteiger partial charge in [-0.15, -0.1) is 0 Å². The first kappa shape index (κ1) is 15.8. The molecule has 0 bridgehead atoms. The largest absolute Gasteiger partial charge is 0.480 e. The van der Waals surface area contributed by atoms with Crippen molar-refractivity contribution in [2.45, 2.75) is 6.92 Å². The van der Waals surface area contributed by atoms with Crippen LogP contribution in [0.25, 0.3) is 0 Å². The molecule has 7 heteroatoms. The fourth-order valence-electron chi connectivity index (χ4n) is 1.46. The summed E-state index contributed by atoms with van der Waals surface area (Å²) in [6, 6.07) is 4.73. The van der Waals surface area contributed by atoms with Gasteiger partial charge in [0.05, 0.1) is 23.8 Å². The molecule has 1 aromatic rings. The molecular weight excluding hydrogens is 291 g/mol. The molecule has 0 aromatic heterocycles. The lowest BCUT2D eigenvalue weighted by atomic mass is 10.3. The number of carbonyl (C=O) groups is 2. The third-order valence-electron chi connectivity index (χ3n) is 2.38. The van der Waals surface area contributed by atoms with Crippen LogP contribution in [0.1, 0.15) is 6.92 Å². The Morgan fingerprint density at radius 2 is 2.00 bits per heavy atom. The van der Waals surface area contributed by atoms with E-state index in [1.54, 1.807) is 19.1 Å². The number of nitrogens with one attached hydrogen (secondary N) is 1. The Labute approximate surface area is 121 Å². The number of rotatable bonds is 6. The Bertz CT molecular complexity index is 480. The van der Waals surface area contributed by atoms with Crippen LogP contribution >= 0.6 is 23.2 Å². The maximum absolute atomic E-state index is 11.8. The molecule has 0 fully saturated rings. The summed E-state index contributed by atoms with van der Waals surface area (Å²) in [5.74, 6) is -1.32. The van der Waals surface area contributed by atoms with Crippen LogP contribution in [0.15, 0.2) is 18.2 Å². The van der Waals surface area contributed by atoms with E-state index < -0.39 is 5.97 Å². The first-order valence-corrected chi connectivity index (χ1v) is 6.37. The molecule has 1 amide bonds. The molecule has 0 aliphatic rings. The van der Waals surface area contributed by atoms with Crippen LogP contribution in [0.5, 0.6) is 0 Å². The van der Waals surface area contributed by atoms with Crippen LogP contribution < -0.4 is 5.32 Å². The zero-order valence-electron chi connectivity index (χ0n) is 10.3. The van der Waals surface area contributed by atoms with E-state index in [0.717, 1.165) is 0 Å². The van der Waals surface area contributed by atoms with Gasteiger partial charge < -0.3 is 10.4 Å². The predicted octanol–water partition coefficient (Wildman–Crippen LogP) is 2.34. The minimum atomic E-state index is -0.976. The smallest absolute Gasteiger partial charge is 0.317 e. The highest BCUT2D eigenvalue weighted by Gasteiger charge is 2.13. The van der Waals surface area contributed by atoms with Crippen molar-refractivity contribution >= 4 is 40.8 Å². The summed E-state index contributed by atoms with van der Waals surface area (Å²) in [6.45, 7) is 2.03. The molecule has 0 radical (unpaired) electrons. The molecule has 0 heterocycles. The number of anilines is 1. The number of halogens is 2. The van der Waals surface area contributed by atoms with Crippen LogP contribution in [0, 0.1) is 0 Å². The van der Waals surface area contributed by atoms with E-state index in [-0.39, 0.29) is 19.0 Å². The molecule has 0 atom stereocenters. The number of hydrogen-bond donors (Lipinski definition) is 2. The lowest BCUT2D eigenvalue weighted by Crippen LogP contribution is -2.36. The molecule has 1 aromatic carbocycles. The van der Waals surface area contributed by atoms with E-state index in [1.807, 2.05) is 0 Å². The van der Waals surface area contributed by atoms with Crippen molar-refractivity contribution in [2.75, 3.05) is 25.0 Å². The highest BCUT2D eigenvalue weighted by Crippen LogP contribution is 2.25. The van der Waals surface area contributed by atoms with Gasteiger partial charge in [0.15, 0.2) is 0 Å². The molecule has 0 aliphatic carbocycles. The number of carboxylic acids is 1. The maximum atomic E-state index is 11.8. The molecule has 0 spiro atoms. The number of nitrogens with zero attached hydrogens (tertiary/aromatic N) is 1. The fourth-order valence-corrected chi connectivity index (χ4v) is 1.79. The van der Waals surface area contributed by atoms with Crippen LogP contribution in [0.4, 0.5) is 5.69 Å². The van der Waals surface area contributed by atoms with Gasteiger partial charge in [0.1, 0.15) is 0 Å². The van der Waals surface area contributed by atoms with Gasteiger partial charge in [-0.1, -0.05) is 30.1 Å². The third kappa shape index (κ3) is 5.46. The van der Waals surface area contributed by atoms with Crippen molar-refractivity contribution in [1.82, 2.24) is 4.90 Å². The van der Waals surface area contributed by atoms with Crippen molar-refractivity contribution in [3.63, 3.8) is 0 Å². The van der Waals surface area contributed by atoms with Gasteiger partial charge in [-0.05, 0) is 24.7 Å². The average Bonchev–Trinajstić information content (AvgIpc) is 2.32. The molecule has 2 N–H and O–H groups in total. The monoisotopic (exact) mass is 304 g/mol. The second-order valence-corrected chi connectivity index (χ2v) is 4.71. The van der Waals surface area contributed by atoms with Gasteiger partial charge in [-0.3, -0.25) is 14.5 Å². The molecule has 0 aliphatic heterocycles. The number of benzene rings is 1. The van der Waals surface area contributed by atoms with Gasteiger partial charge in [0.25, 0.3) is 0 Å². The molecule has 0 saturated heterocycles. The molecule has 0 saturated carbocycles. The fraction of sp³-hybridized carbons (Fsp3) is 0.333. The summed E-state index contributed by atoms with van der Waals surface area (Å²) >= 11 is 11.7. The summed E-state index contributed by atoms with van der Waals surface area (Å²) in [6.07, 6.45) is 0. The predicted molar refractivity (Wildman–Crippen MR) is 74.8 cm³/mol. The zero-order valence-corrected chi connectivity index (χ0v) is 11.8. The van der Waals surface area contributed by atoms with E-state index >= 15 is 0 Å². The number of likely N-dealkylation sites (N-methyl/N-ethyl adjacent to an activating group) is 1. The summed E-state index contributed by atoms with van der Waals surface area (Å²) in [4.78, 5) is 23.9. The van der Waals surface area contributed by atoms with Gasteiger partial charge in [0, 0.05) is 5.02 Å².